The smallest absolute Gasteiger partial charge is 0.311 e. The number of carboxylic acid groups (broad SMARTS) is 1. The highest BCUT2D eigenvalue weighted by molar-refractivity contribution is 5.92. The van der Waals surface area contributed by atoms with E-state index in [4.69, 9.17) is 5.11 Å². The number of nitrogens with zero attached hydrogens (tertiary/aromatic N) is 2. The fourth-order valence-electron chi connectivity index (χ4n) is 1.53. The number of aryl methyl sites for hydroxylation is 1. The lowest BCUT2D eigenvalue weighted by atomic mass is 10.1. The predicted molar refractivity (Wildman–Crippen MR) is 54.8 cm³/mol. The maximum atomic E-state index is 11.7. The molecular formula is C10H13N3O3. The number of aromatic nitrogens is 2. The van der Waals surface area contributed by atoms with Crippen molar-refractivity contribution in [3.8, 4) is 0 Å². The maximum Gasteiger partial charge on any atom is 0.311 e. The normalized spacial score (nSPS) is 16.8. The van der Waals surface area contributed by atoms with Gasteiger partial charge in [-0.25, -0.2) is 4.98 Å². The molecule has 0 aromatic carbocycles. The van der Waals surface area contributed by atoms with Crippen LogP contribution in [0.3, 0.4) is 0 Å². The molecule has 1 saturated carbocycles. The Kier molecular flexibility index (Phi) is 2.41. The Morgan fingerprint density at radius 3 is 2.75 bits per heavy atom. The first-order valence-corrected chi connectivity index (χ1v) is 5.03. The average Bonchev–Trinajstić information content (AvgIpc) is 2.92. The molecule has 0 unspecified atom stereocenters. The van der Waals surface area contributed by atoms with Crippen molar-refractivity contribution in [1.29, 1.82) is 0 Å². The molecule has 0 atom stereocenters. The number of carboxylic acids is 1. The highest BCUT2D eigenvalue weighted by Gasteiger charge is 2.50. The maximum absolute atomic E-state index is 11.7. The van der Waals surface area contributed by atoms with Gasteiger partial charge < -0.3 is 15.0 Å². The van der Waals surface area contributed by atoms with Gasteiger partial charge in [-0.05, 0) is 12.8 Å². The van der Waals surface area contributed by atoms with Crippen molar-refractivity contribution < 1.29 is 14.7 Å². The van der Waals surface area contributed by atoms with Crippen molar-refractivity contribution in [2.45, 2.75) is 12.8 Å². The third-order valence-corrected chi connectivity index (χ3v) is 2.94. The first kappa shape index (κ1) is 10.7. The summed E-state index contributed by atoms with van der Waals surface area (Å²) in [6.45, 7) is 0.187. The minimum atomic E-state index is -0.835. The van der Waals surface area contributed by atoms with Crippen molar-refractivity contribution >= 4 is 11.9 Å². The molecule has 0 spiro atoms. The number of carbonyl (C=O) groups excluding carboxylic acids is 1. The molecule has 1 fully saturated rings. The summed E-state index contributed by atoms with van der Waals surface area (Å²) < 4.78 is 1.59. The highest BCUT2D eigenvalue weighted by atomic mass is 16.4. The topological polar surface area (TPSA) is 84.2 Å². The summed E-state index contributed by atoms with van der Waals surface area (Å²) in [6, 6.07) is 0. The Bertz CT molecular complexity index is 434. The second kappa shape index (κ2) is 3.62. The van der Waals surface area contributed by atoms with Crippen molar-refractivity contribution in [3.05, 3.63) is 18.2 Å². The Hall–Kier alpha value is -1.85. The van der Waals surface area contributed by atoms with Crippen LogP contribution >= 0.6 is 0 Å². The van der Waals surface area contributed by atoms with Crippen LogP contribution in [0, 0.1) is 5.41 Å². The summed E-state index contributed by atoms with van der Waals surface area (Å²) in [7, 11) is 1.71. The SMILES string of the molecule is Cn1cncc1C(=O)NCC1(C(=O)O)CC1. The minimum absolute atomic E-state index is 0.187. The van der Waals surface area contributed by atoms with E-state index in [0.29, 0.717) is 18.5 Å². The van der Waals surface area contributed by atoms with Gasteiger partial charge in [-0.2, -0.15) is 0 Å². The van der Waals surface area contributed by atoms with Crippen LogP contribution in [0.5, 0.6) is 0 Å². The molecule has 1 aromatic rings. The van der Waals surface area contributed by atoms with Gasteiger partial charge in [-0.3, -0.25) is 9.59 Å². The van der Waals surface area contributed by atoms with Crippen molar-refractivity contribution in [2.75, 3.05) is 6.54 Å². The largest absolute Gasteiger partial charge is 0.481 e. The van der Waals surface area contributed by atoms with E-state index >= 15 is 0 Å². The van der Waals surface area contributed by atoms with E-state index in [2.05, 4.69) is 10.3 Å². The molecule has 0 bridgehead atoms. The molecule has 0 saturated heterocycles. The Balaban J connectivity index is 1.95. The molecule has 1 amide bonds. The van der Waals surface area contributed by atoms with Gasteiger partial charge in [0.1, 0.15) is 5.69 Å². The fraction of sp³-hybridized carbons (Fsp3) is 0.500. The number of rotatable bonds is 4. The summed E-state index contributed by atoms with van der Waals surface area (Å²) in [5.74, 6) is -1.12. The zero-order valence-corrected chi connectivity index (χ0v) is 8.93. The quantitative estimate of drug-likeness (QED) is 0.753. The van der Waals surface area contributed by atoms with Gasteiger partial charge in [-0.15, -0.1) is 0 Å². The molecule has 6 heteroatoms. The van der Waals surface area contributed by atoms with Crippen LogP contribution in [-0.2, 0) is 11.8 Å². The number of hydrogen-bond acceptors (Lipinski definition) is 3. The van der Waals surface area contributed by atoms with Crippen LogP contribution in [0.4, 0.5) is 0 Å². The molecule has 0 radical (unpaired) electrons. The lowest BCUT2D eigenvalue weighted by Gasteiger charge is -2.10. The van der Waals surface area contributed by atoms with Crippen molar-refractivity contribution in [3.63, 3.8) is 0 Å². The molecular weight excluding hydrogens is 210 g/mol. The van der Waals surface area contributed by atoms with Crippen LogP contribution in [0.25, 0.3) is 0 Å². The second-order valence-corrected chi connectivity index (χ2v) is 4.16. The minimum Gasteiger partial charge on any atom is -0.481 e. The lowest BCUT2D eigenvalue weighted by molar-refractivity contribution is -0.143. The molecule has 86 valence electrons. The molecule has 1 aliphatic carbocycles. The van der Waals surface area contributed by atoms with Crippen LogP contribution < -0.4 is 5.32 Å². The summed E-state index contributed by atoms with van der Waals surface area (Å²) in [4.78, 5) is 26.4. The average molecular weight is 223 g/mol. The Morgan fingerprint density at radius 1 is 1.62 bits per heavy atom. The van der Waals surface area contributed by atoms with Gasteiger partial charge in [0.15, 0.2) is 0 Å². The van der Waals surface area contributed by atoms with E-state index in [-0.39, 0.29) is 12.5 Å². The zero-order chi connectivity index (χ0) is 11.8. The summed E-state index contributed by atoms with van der Waals surface area (Å²) >= 11 is 0. The molecule has 16 heavy (non-hydrogen) atoms. The third-order valence-electron chi connectivity index (χ3n) is 2.94. The molecule has 6 nitrogen and oxygen atoms in total. The highest BCUT2D eigenvalue weighted by Crippen LogP contribution is 2.45. The number of carbonyl (C=O) groups is 2. The van der Waals surface area contributed by atoms with Crippen LogP contribution in [0.1, 0.15) is 23.3 Å². The molecule has 0 aliphatic heterocycles. The number of nitrogens with one attached hydrogen (secondary N) is 1. The van der Waals surface area contributed by atoms with Gasteiger partial charge in [0, 0.05) is 13.6 Å². The number of imidazole rings is 1. The Labute approximate surface area is 92.3 Å². The molecule has 2 rings (SSSR count). The standard InChI is InChI=1S/C10H13N3O3/c1-13-6-11-4-7(13)8(14)12-5-10(2-3-10)9(15)16/h4,6H,2-3,5H2,1H3,(H,12,14)(H,15,16). The fourth-order valence-corrected chi connectivity index (χ4v) is 1.53. The van der Waals surface area contributed by atoms with Crippen molar-refractivity contribution in [2.24, 2.45) is 12.5 Å². The summed E-state index contributed by atoms with van der Waals surface area (Å²) in [5, 5.41) is 11.6. The van der Waals surface area contributed by atoms with E-state index in [1.807, 2.05) is 0 Å². The van der Waals surface area contributed by atoms with Gasteiger partial charge in [0.05, 0.1) is 17.9 Å². The van der Waals surface area contributed by atoms with Crippen LogP contribution in [-0.4, -0.2) is 33.1 Å². The van der Waals surface area contributed by atoms with Crippen LogP contribution in [0.15, 0.2) is 12.5 Å². The van der Waals surface area contributed by atoms with E-state index in [9.17, 15) is 9.59 Å². The monoisotopic (exact) mass is 223 g/mol. The van der Waals surface area contributed by atoms with E-state index in [1.165, 1.54) is 12.5 Å². The van der Waals surface area contributed by atoms with Gasteiger partial charge >= 0.3 is 5.97 Å². The predicted octanol–water partition coefficient (Wildman–Crippen LogP) is 0.0147. The number of aliphatic carboxylic acids is 1. The molecule has 1 heterocycles. The van der Waals surface area contributed by atoms with Gasteiger partial charge in [0.25, 0.3) is 5.91 Å². The molecule has 1 aromatic heterocycles. The molecule has 1 aliphatic rings. The second-order valence-electron chi connectivity index (χ2n) is 4.16. The van der Waals surface area contributed by atoms with Gasteiger partial charge in [0.2, 0.25) is 0 Å². The van der Waals surface area contributed by atoms with Crippen LogP contribution in [0.2, 0.25) is 0 Å². The van der Waals surface area contributed by atoms with Gasteiger partial charge in [-0.1, -0.05) is 0 Å². The Morgan fingerprint density at radius 2 is 2.31 bits per heavy atom. The number of hydrogen-bond donors (Lipinski definition) is 2. The third kappa shape index (κ3) is 1.78. The first-order chi connectivity index (χ1) is 7.55. The van der Waals surface area contributed by atoms with E-state index in [1.54, 1.807) is 11.6 Å². The van der Waals surface area contributed by atoms with E-state index < -0.39 is 11.4 Å². The lowest BCUT2D eigenvalue weighted by Crippen LogP contribution is -2.34. The summed E-state index contributed by atoms with van der Waals surface area (Å²) in [6.07, 6.45) is 4.25. The zero-order valence-electron chi connectivity index (χ0n) is 8.93. The van der Waals surface area contributed by atoms with E-state index in [0.717, 1.165) is 0 Å². The number of amides is 1. The summed E-state index contributed by atoms with van der Waals surface area (Å²) in [5.41, 5.74) is -0.296. The first-order valence-electron chi connectivity index (χ1n) is 5.03. The molecule has 2 N–H and O–H groups in total. The van der Waals surface area contributed by atoms with Crippen molar-refractivity contribution in [1.82, 2.24) is 14.9 Å².